The van der Waals surface area contributed by atoms with Crippen LogP contribution in [-0.4, -0.2) is 11.0 Å². The van der Waals surface area contributed by atoms with Crippen molar-refractivity contribution in [2.75, 3.05) is 5.32 Å². The van der Waals surface area contributed by atoms with Gasteiger partial charge in [0, 0.05) is 12.1 Å². The fraction of sp³-hybridized carbons (Fsp3) is 0.538. The number of halogens is 1. The van der Waals surface area contributed by atoms with Crippen molar-refractivity contribution in [3.8, 4) is 0 Å². The first-order valence-corrected chi connectivity index (χ1v) is 6.49. The molecule has 1 aromatic carbocycles. The molecule has 4 nitrogen and oxygen atoms in total. The normalized spacial score (nSPS) is 21.8. The molecule has 1 saturated carbocycles. The largest absolute Gasteiger partial charge is 0.375 e. The predicted octanol–water partition coefficient (Wildman–Crippen LogP) is 4.24. The lowest BCUT2D eigenvalue weighted by atomic mass is 9.87. The second-order valence-electron chi connectivity index (χ2n) is 5.47. The van der Waals surface area contributed by atoms with Gasteiger partial charge in [-0.1, -0.05) is 37.9 Å². The maximum absolute atomic E-state index is 11.0. The molecule has 1 aliphatic rings. The Bertz CT molecular complexity index is 474. The summed E-state index contributed by atoms with van der Waals surface area (Å²) in [5, 5.41) is 14.7. The molecule has 0 spiro atoms. The van der Waals surface area contributed by atoms with Crippen LogP contribution in [0.4, 0.5) is 11.4 Å². The minimum absolute atomic E-state index is 0.0465. The number of nitrogens with one attached hydrogen (secondary N) is 1. The highest BCUT2D eigenvalue weighted by molar-refractivity contribution is 6.33. The van der Waals surface area contributed by atoms with E-state index in [0.717, 1.165) is 19.3 Å². The van der Waals surface area contributed by atoms with Gasteiger partial charge in [-0.15, -0.1) is 0 Å². The third-order valence-corrected chi connectivity index (χ3v) is 4.08. The maximum atomic E-state index is 11.0. The summed E-state index contributed by atoms with van der Waals surface area (Å²) in [4.78, 5) is 10.6. The van der Waals surface area contributed by atoms with Crippen molar-refractivity contribution >= 4 is 23.0 Å². The van der Waals surface area contributed by atoms with Crippen LogP contribution in [0.25, 0.3) is 0 Å². The van der Waals surface area contributed by atoms with Crippen LogP contribution >= 0.6 is 11.6 Å². The van der Waals surface area contributed by atoms with Gasteiger partial charge in [0.15, 0.2) is 0 Å². The summed E-state index contributed by atoms with van der Waals surface area (Å²) in [6.07, 6.45) is 3.29. The first-order chi connectivity index (χ1) is 8.42. The van der Waals surface area contributed by atoms with E-state index in [1.54, 1.807) is 12.1 Å². The molecule has 0 bridgehead atoms. The molecular weight excluding hydrogens is 252 g/mol. The number of anilines is 1. The summed E-state index contributed by atoms with van der Waals surface area (Å²) in [6, 6.07) is 5.00. The summed E-state index contributed by atoms with van der Waals surface area (Å²) in [6.45, 7) is 4.36. The molecule has 1 unspecified atom stereocenters. The van der Waals surface area contributed by atoms with Crippen LogP contribution in [0.3, 0.4) is 0 Å². The molecule has 0 aromatic heterocycles. The summed E-state index contributed by atoms with van der Waals surface area (Å²) in [5.74, 6) is 0. The molecule has 1 aliphatic carbocycles. The molecule has 5 heteroatoms. The van der Waals surface area contributed by atoms with E-state index in [9.17, 15) is 10.1 Å². The van der Waals surface area contributed by atoms with Crippen molar-refractivity contribution < 1.29 is 4.92 Å². The van der Waals surface area contributed by atoms with Crippen molar-refractivity contribution in [3.63, 3.8) is 0 Å². The molecule has 18 heavy (non-hydrogen) atoms. The van der Waals surface area contributed by atoms with Crippen molar-refractivity contribution in [3.05, 3.63) is 33.3 Å². The molecule has 0 heterocycles. The molecule has 1 aromatic rings. The van der Waals surface area contributed by atoms with Crippen LogP contribution in [0, 0.1) is 15.5 Å². The Balaban J connectivity index is 2.31. The minimum Gasteiger partial charge on any atom is -0.375 e. The van der Waals surface area contributed by atoms with Crippen LogP contribution in [0.5, 0.6) is 0 Å². The number of para-hydroxylation sites is 1. The Kier molecular flexibility index (Phi) is 3.48. The van der Waals surface area contributed by atoms with Crippen molar-refractivity contribution in [2.24, 2.45) is 5.41 Å². The minimum atomic E-state index is -0.393. The van der Waals surface area contributed by atoms with E-state index >= 15 is 0 Å². The van der Waals surface area contributed by atoms with Crippen molar-refractivity contribution in [1.82, 2.24) is 0 Å². The summed E-state index contributed by atoms with van der Waals surface area (Å²) < 4.78 is 0. The molecule has 0 amide bonds. The summed E-state index contributed by atoms with van der Waals surface area (Å²) in [5.41, 5.74) is 0.641. The van der Waals surface area contributed by atoms with Crippen LogP contribution in [0.15, 0.2) is 18.2 Å². The van der Waals surface area contributed by atoms with E-state index in [0.29, 0.717) is 10.7 Å². The number of nitrogens with zero attached hydrogens (tertiary/aromatic N) is 1. The zero-order valence-corrected chi connectivity index (χ0v) is 11.3. The standard InChI is InChI=1S/C13H17ClN2O2/c1-13(2)8-4-7-11(13)15-12-9(14)5-3-6-10(12)16(17)18/h3,5-6,11,15H,4,7-8H2,1-2H3. The Morgan fingerprint density at radius 1 is 1.50 bits per heavy atom. The van der Waals surface area contributed by atoms with Crippen molar-refractivity contribution in [1.29, 1.82) is 0 Å². The van der Waals surface area contributed by atoms with E-state index in [2.05, 4.69) is 19.2 Å². The lowest BCUT2D eigenvalue weighted by molar-refractivity contribution is -0.384. The highest BCUT2D eigenvalue weighted by atomic mass is 35.5. The molecule has 98 valence electrons. The van der Waals surface area contributed by atoms with E-state index in [4.69, 9.17) is 11.6 Å². The number of hydrogen-bond acceptors (Lipinski definition) is 3. The molecular formula is C13H17ClN2O2. The topological polar surface area (TPSA) is 55.2 Å². The molecule has 0 radical (unpaired) electrons. The third-order valence-electron chi connectivity index (χ3n) is 3.76. The van der Waals surface area contributed by atoms with Gasteiger partial charge in [0.25, 0.3) is 5.69 Å². The van der Waals surface area contributed by atoms with Crippen LogP contribution in [0.1, 0.15) is 33.1 Å². The van der Waals surface area contributed by atoms with Gasteiger partial charge in [-0.3, -0.25) is 10.1 Å². The highest BCUT2D eigenvalue weighted by Gasteiger charge is 2.35. The molecule has 0 saturated heterocycles. The van der Waals surface area contributed by atoms with Gasteiger partial charge in [0.1, 0.15) is 5.69 Å². The summed E-state index contributed by atoms with van der Waals surface area (Å²) in [7, 11) is 0. The fourth-order valence-electron chi connectivity index (χ4n) is 2.58. The van der Waals surface area contributed by atoms with Crippen LogP contribution in [-0.2, 0) is 0 Å². The van der Waals surface area contributed by atoms with Gasteiger partial charge in [-0.25, -0.2) is 0 Å². The lowest BCUT2D eigenvalue weighted by Gasteiger charge is -2.28. The predicted molar refractivity (Wildman–Crippen MR) is 73.1 cm³/mol. The van der Waals surface area contributed by atoms with E-state index in [1.807, 2.05) is 0 Å². The van der Waals surface area contributed by atoms with Gasteiger partial charge in [0.2, 0.25) is 0 Å². The molecule has 0 aliphatic heterocycles. The number of hydrogen-bond donors (Lipinski definition) is 1. The first-order valence-electron chi connectivity index (χ1n) is 6.11. The number of nitro benzene ring substituents is 1. The Hall–Kier alpha value is -1.29. The Labute approximate surface area is 111 Å². The fourth-order valence-corrected chi connectivity index (χ4v) is 2.80. The number of rotatable bonds is 3. The maximum Gasteiger partial charge on any atom is 0.293 e. The second-order valence-corrected chi connectivity index (χ2v) is 5.88. The molecule has 1 fully saturated rings. The molecule has 2 rings (SSSR count). The Morgan fingerprint density at radius 2 is 2.22 bits per heavy atom. The highest BCUT2D eigenvalue weighted by Crippen LogP contribution is 2.42. The van der Waals surface area contributed by atoms with Gasteiger partial charge < -0.3 is 5.32 Å². The summed E-state index contributed by atoms with van der Waals surface area (Å²) >= 11 is 6.08. The Morgan fingerprint density at radius 3 is 2.78 bits per heavy atom. The van der Waals surface area contributed by atoms with Crippen molar-refractivity contribution in [2.45, 2.75) is 39.2 Å². The number of benzene rings is 1. The van der Waals surface area contributed by atoms with Gasteiger partial charge in [-0.2, -0.15) is 0 Å². The van der Waals surface area contributed by atoms with Gasteiger partial charge in [-0.05, 0) is 24.3 Å². The van der Waals surface area contributed by atoms with E-state index in [-0.39, 0.29) is 17.1 Å². The second kappa shape index (κ2) is 4.76. The van der Waals surface area contributed by atoms with E-state index in [1.165, 1.54) is 6.07 Å². The zero-order valence-electron chi connectivity index (χ0n) is 10.6. The first kappa shape index (κ1) is 13.1. The van der Waals surface area contributed by atoms with Crippen LogP contribution < -0.4 is 5.32 Å². The van der Waals surface area contributed by atoms with Gasteiger partial charge in [0.05, 0.1) is 9.95 Å². The van der Waals surface area contributed by atoms with Crippen LogP contribution in [0.2, 0.25) is 5.02 Å². The van der Waals surface area contributed by atoms with Gasteiger partial charge >= 0.3 is 0 Å². The molecule has 1 atom stereocenters. The average Bonchev–Trinajstić information content (AvgIpc) is 2.60. The number of nitro groups is 1. The zero-order chi connectivity index (χ0) is 13.3. The SMILES string of the molecule is CC1(C)CCCC1Nc1c(Cl)cccc1[N+](=O)[O-]. The van der Waals surface area contributed by atoms with E-state index < -0.39 is 4.92 Å². The quantitative estimate of drug-likeness (QED) is 0.659. The lowest BCUT2D eigenvalue weighted by Crippen LogP contribution is -2.31. The molecule has 1 N–H and O–H groups in total. The smallest absolute Gasteiger partial charge is 0.293 e. The monoisotopic (exact) mass is 268 g/mol. The third kappa shape index (κ3) is 2.43. The average molecular weight is 269 g/mol.